The quantitative estimate of drug-likeness (QED) is 0.0392. The third-order valence-corrected chi connectivity index (χ3v) is 20.4. The maximum absolute atomic E-state index is 15.7. The fraction of sp³-hybridized carbons (Fsp3) is 0.360. The highest BCUT2D eigenvalue weighted by Gasteiger charge is 2.37. The molecule has 19 heteroatoms. The molecular formula is C89H107N9O10. The molecule has 0 aliphatic carbocycles. The van der Waals surface area contributed by atoms with Crippen LogP contribution >= 0.6 is 0 Å². The Labute approximate surface area is 638 Å². The molecule has 568 valence electrons. The smallest absolute Gasteiger partial charge is 0.411 e. The number of carbonyl (C=O) groups is 9. The predicted octanol–water partition coefficient (Wildman–Crippen LogP) is 15.2. The monoisotopic (exact) mass is 1460 g/mol. The van der Waals surface area contributed by atoms with Crippen LogP contribution in [0.25, 0.3) is 0 Å². The molecule has 0 aliphatic rings. The number of benzene rings is 8. The van der Waals surface area contributed by atoms with E-state index in [0.29, 0.717) is 0 Å². The van der Waals surface area contributed by atoms with Gasteiger partial charge in [0.15, 0.2) is 0 Å². The van der Waals surface area contributed by atoms with E-state index in [1.54, 1.807) is 40.4 Å². The van der Waals surface area contributed by atoms with Gasteiger partial charge in [-0.15, -0.1) is 0 Å². The zero-order valence-corrected chi connectivity index (χ0v) is 64.4. The molecule has 8 aromatic rings. The summed E-state index contributed by atoms with van der Waals surface area (Å²) in [4.78, 5) is 146. The summed E-state index contributed by atoms with van der Waals surface area (Å²) in [5.74, 6) is -3.61. The minimum Gasteiger partial charge on any atom is -0.444 e. The standard InChI is InChI=1S/C89H107N9O10/c1-64(72-36-20-12-21-37-72)91(56-52-80(90)99)84(103)60-95(68(5)76-44-28-16-29-45-76)81(100)53-57-92(65(2)73-38-22-13-23-39-73)85(104)61-96(69(6)77-46-30-17-31-47-77)82(101)54-58-93(66(3)74-40-24-14-25-41-74)86(105)62-97(70(7)78-48-32-18-33-49-78)83(102)55-59-94(67(4)75-42-26-15-27-43-75)87(106)63-98(88(107)108-89(9,10)11)71(8)79-50-34-19-35-51-79/h12-51,64-71H,52-63H2,1-11H3,(H2,90,99)/t64-,65-,66-,67-,68-,69-,70-,71-/m0/s1. The Balaban J connectivity index is 1.09. The van der Waals surface area contributed by atoms with E-state index in [-0.39, 0.29) is 65.0 Å². The lowest BCUT2D eigenvalue weighted by atomic mass is 10.0. The Morgan fingerprint density at radius 3 is 0.611 bits per heavy atom. The number of rotatable bonds is 36. The normalized spacial score (nSPS) is 13.5. The van der Waals surface area contributed by atoms with Crippen LogP contribution in [0.3, 0.4) is 0 Å². The Morgan fingerprint density at radius 2 is 0.426 bits per heavy atom. The largest absolute Gasteiger partial charge is 0.444 e. The minimum absolute atomic E-state index is 0.0195. The zero-order chi connectivity index (χ0) is 78.0. The molecule has 8 atom stereocenters. The van der Waals surface area contributed by atoms with Crippen molar-refractivity contribution in [2.75, 3.05) is 52.4 Å². The fourth-order valence-corrected chi connectivity index (χ4v) is 13.7. The van der Waals surface area contributed by atoms with Gasteiger partial charge in [0.25, 0.3) is 0 Å². The van der Waals surface area contributed by atoms with Crippen LogP contribution in [0.2, 0.25) is 0 Å². The lowest BCUT2D eigenvalue weighted by Gasteiger charge is -2.37. The predicted molar refractivity (Wildman–Crippen MR) is 421 cm³/mol. The lowest BCUT2D eigenvalue weighted by molar-refractivity contribution is -0.147. The molecule has 0 saturated carbocycles. The Kier molecular flexibility index (Phi) is 30.5. The first-order chi connectivity index (χ1) is 51.7. The molecule has 0 saturated heterocycles. The molecule has 9 amide bonds. The van der Waals surface area contributed by atoms with E-state index in [1.165, 1.54) is 19.6 Å². The van der Waals surface area contributed by atoms with E-state index in [0.717, 1.165) is 44.5 Å². The van der Waals surface area contributed by atoms with Gasteiger partial charge < -0.3 is 44.8 Å². The van der Waals surface area contributed by atoms with Crippen molar-refractivity contribution in [1.29, 1.82) is 0 Å². The molecule has 0 aromatic heterocycles. The van der Waals surface area contributed by atoms with Crippen LogP contribution in [0, 0.1) is 0 Å². The summed E-state index contributed by atoms with van der Waals surface area (Å²) in [7, 11) is 0. The fourth-order valence-electron chi connectivity index (χ4n) is 13.7. The number of nitrogens with zero attached hydrogens (tertiary/aromatic N) is 8. The first kappa shape index (κ1) is 82.4. The Morgan fingerprint density at radius 1 is 0.259 bits per heavy atom. The summed E-state index contributed by atoms with van der Waals surface area (Å²) < 4.78 is 5.91. The van der Waals surface area contributed by atoms with Gasteiger partial charge in [0, 0.05) is 51.9 Å². The van der Waals surface area contributed by atoms with Crippen molar-refractivity contribution in [3.63, 3.8) is 0 Å². The maximum Gasteiger partial charge on any atom is 0.411 e. The van der Waals surface area contributed by atoms with Crippen molar-refractivity contribution in [1.82, 2.24) is 39.2 Å². The van der Waals surface area contributed by atoms with Gasteiger partial charge in [0.2, 0.25) is 47.3 Å². The van der Waals surface area contributed by atoms with E-state index in [2.05, 4.69) is 0 Å². The average molecular weight is 1460 g/mol. The molecule has 0 radical (unpaired) electrons. The summed E-state index contributed by atoms with van der Waals surface area (Å²) in [5.41, 5.74) is 11.0. The molecule has 8 rings (SSSR count). The zero-order valence-electron chi connectivity index (χ0n) is 64.4. The molecule has 19 nitrogen and oxygen atoms in total. The second kappa shape index (κ2) is 39.9. The van der Waals surface area contributed by atoms with Crippen LogP contribution in [0.1, 0.15) is 195 Å². The molecule has 0 heterocycles. The van der Waals surface area contributed by atoms with E-state index in [4.69, 9.17) is 10.5 Å². The van der Waals surface area contributed by atoms with Crippen molar-refractivity contribution in [2.45, 2.75) is 156 Å². The third-order valence-electron chi connectivity index (χ3n) is 20.4. The van der Waals surface area contributed by atoms with Crippen molar-refractivity contribution in [3.05, 3.63) is 287 Å². The molecular weight excluding hydrogens is 1360 g/mol. The number of ether oxygens (including phenoxy) is 1. The van der Waals surface area contributed by atoms with Crippen molar-refractivity contribution in [3.8, 4) is 0 Å². The number of primary amides is 1. The molecule has 0 fully saturated rings. The van der Waals surface area contributed by atoms with Gasteiger partial charge in [0.1, 0.15) is 31.8 Å². The van der Waals surface area contributed by atoms with Gasteiger partial charge in [0.05, 0.1) is 48.3 Å². The molecule has 2 N–H and O–H groups in total. The number of nitrogens with two attached hydrogens (primary N) is 1. The highest BCUT2D eigenvalue weighted by molar-refractivity contribution is 5.90. The van der Waals surface area contributed by atoms with Gasteiger partial charge in [-0.2, -0.15) is 0 Å². The number of hydrogen-bond acceptors (Lipinski definition) is 10. The van der Waals surface area contributed by atoms with E-state index >= 15 is 28.8 Å². The van der Waals surface area contributed by atoms with Gasteiger partial charge in [-0.1, -0.05) is 243 Å². The summed E-state index contributed by atoms with van der Waals surface area (Å²) in [6.07, 6.45) is -1.45. The molecule has 0 bridgehead atoms. The maximum atomic E-state index is 15.7. The van der Waals surface area contributed by atoms with Crippen LogP contribution in [0.15, 0.2) is 243 Å². The van der Waals surface area contributed by atoms with E-state index in [9.17, 15) is 14.4 Å². The topological polar surface area (TPSA) is 215 Å². The van der Waals surface area contributed by atoms with E-state index in [1.807, 2.05) is 298 Å². The van der Waals surface area contributed by atoms with Crippen LogP contribution in [0.4, 0.5) is 4.79 Å². The van der Waals surface area contributed by atoms with Crippen LogP contribution in [0.5, 0.6) is 0 Å². The Hall–Kier alpha value is -11.2. The highest BCUT2D eigenvalue weighted by Crippen LogP contribution is 2.32. The molecule has 0 unspecified atom stereocenters. The Bertz CT molecular complexity index is 4200. The van der Waals surface area contributed by atoms with Crippen LogP contribution in [-0.4, -0.2) is 151 Å². The first-order valence-corrected chi connectivity index (χ1v) is 37.5. The van der Waals surface area contributed by atoms with Gasteiger partial charge in [-0.25, -0.2) is 4.79 Å². The minimum atomic E-state index is -0.875. The van der Waals surface area contributed by atoms with Crippen molar-refractivity contribution >= 4 is 53.4 Å². The summed E-state index contributed by atoms with van der Waals surface area (Å²) in [6.45, 7) is 18.3. The summed E-state index contributed by atoms with van der Waals surface area (Å²) in [5, 5.41) is 0. The number of hydrogen-bond donors (Lipinski definition) is 1. The number of amides is 9. The summed E-state index contributed by atoms with van der Waals surface area (Å²) in [6, 6.07) is 70.3. The van der Waals surface area contributed by atoms with Crippen molar-refractivity contribution in [2.24, 2.45) is 5.73 Å². The SMILES string of the molecule is C[C@@H](c1ccccc1)N(CCC(N)=O)C(=O)CN(C(=O)CCN(C(=O)CN(C(=O)CCN(C(=O)CN(C(=O)CCN(C(=O)CN(C(=O)OC(C)(C)C)[C@@H](C)c1ccccc1)[C@@H](C)c1ccccc1)[C@@H](C)c1ccccc1)[C@@H](C)c1ccccc1)[C@@H](C)c1ccccc1)[C@@H](C)c1ccccc1)[C@@H](C)c1ccccc1. The van der Waals surface area contributed by atoms with Crippen LogP contribution < -0.4 is 5.73 Å². The third kappa shape index (κ3) is 23.1. The van der Waals surface area contributed by atoms with Gasteiger partial charge in [-0.05, 0) is 121 Å². The van der Waals surface area contributed by atoms with Gasteiger partial charge >= 0.3 is 6.09 Å². The molecule has 108 heavy (non-hydrogen) atoms. The summed E-state index contributed by atoms with van der Waals surface area (Å²) >= 11 is 0. The second-order valence-electron chi connectivity index (χ2n) is 28.7. The second-order valence-corrected chi connectivity index (χ2v) is 28.7. The molecule has 8 aromatic carbocycles. The molecule has 0 spiro atoms. The van der Waals surface area contributed by atoms with E-state index < -0.39 is 120 Å². The highest BCUT2D eigenvalue weighted by atomic mass is 16.6. The van der Waals surface area contributed by atoms with Crippen molar-refractivity contribution < 1.29 is 47.9 Å². The first-order valence-electron chi connectivity index (χ1n) is 37.5. The van der Waals surface area contributed by atoms with Gasteiger partial charge in [-0.3, -0.25) is 43.3 Å². The lowest BCUT2D eigenvalue weighted by Crippen LogP contribution is -2.49. The van der Waals surface area contributed by atoms with Crippen LogP contribution in [-0.2, 0) is 43.1 Å². The number of carbonyl (C=O) groups excluding carboxylic acids is 9. The average Bonchev–Trinajstić information content (AvgIpc) is 0.823. The molecule has 0 aliphatic heterocycles.